The number of nitrogens with zero attached hydrogens (tertiary/aromatic N) is 1. The van der Waals surface area contributed by atoms with Gasteiger partial charge in [-0.3, -0.25) is 0 Å². The lowest BCUT2D eigenvalue weighted by molar-refractivity contribution is -0.274. The van der Waals surface area contributed by atoms with Crippen molar-refractivity contribution in [2.24, 2.45) is 0 Å². The molecule has 18 heavy (non-hydrogen) atoms. The van der Waals surface area contributed by atoms with Crippen LogP contribution in [0.5, 0.6) is 5.75 Å². The van der Waals surface area contributed by atoms with E-state index >= 15 is 0 Å². The van der Waals surface area contributed by atoms with Crippen LogP contribution in [0.3, 0.4) is 0 Å². The topological polar surface area (TPSA) is 35.3 Å². The number of hydrogen-bond acceptors (Lipinski definition) is 3. The Morgan fingerprint density at radius 2 is 1.94 bits per heavy atom. The van der Waals surface area contributed by atoms with Gasteiger partial charge in [0.15, 0.2) is 17.2 Å². The third kappa shape index (κ3) is 2.57. The molecule has 0 amide bonds. The highest BCUT2D eigenvalue weighted by molar-refractivity contribution is 5.80. The minimum absolute atomic E-state index is 0.0224. The molecule has 0 saturated carbocycles. The van der Waals surface area contributed by atoms with Crippen molar-refractivity contribution in [1.82, 2.24) is 4.98 Å². The van der Waals surface area contributed by atoms with Crippen LogP contribution in [-0.4, -0.2) is 11.3 Å². The van der Waals surface area contributed by atoms with E-state index in [0.29, 0.717) is 11.4 Å². The third-order valence-corrected chi connectivity index (χ3v) is 2.48. The van der Waals surface area contributed by atoms with Gasteiger partial charge in [0.1, 0.15) is 5.52 Å². The molecular weight excluding hydrogens is 247 g/mol. The van der Waals surface area contributed by atoms with Gasteiger partial charge >= 0.3 is 6.36 Å². The molecule has 0 unspecified atom stereocenters. The molecule has 0 atom stereocenters. The molecule has 0 radical (unpaired) electrons. The lowest BCUT2D eigenvalue weighted by Gasteiger charge is -2.11. The van der Waals surface area contributed by atoms with Crippen LogP contribution in [0, 0.1) is 6.92 Å². The number of rotatable bonds is 2. The van der Waals surface area contributed by atoms with E-state index < -0.39 is 6.36 Å². The van der Waals surface area contributed by atoms with E-state index in [4.69, 9.17) is 4.42 Å². The summed E-state index contributed by atoms with van der Waals surface area (Å²) in [6.45, 7) is 5.34. The molecule has 2 aromatic rings. The van der Waals surface area contributed by atoms with Gasteiger partial charge in [0.2, 0.25) is 0 Å². The number of aromatic nitrogens is 1. The molecular formula is C12H12F3NO2. The molecule has 98 valence electrons. The Hall–Kier alpha value is -1.72. The van der Waals surface area contributed by atoms with Crippen LogP contribution in [0.2, 0.25) is 0 Å². The molecule has 0 aliphatic heterocycles. The largest absolute Gasteiger partial charge is 0.573 e. The fourth-order valence-corrected chi connectivity index (χ4v) is 1.67. The van der Waals surface area contributed by atoms with E-state index in [1.807, 2.05) is 13.8 Å². The van der Waals surface area contributed by atoms with E-state index in [9.17, 15) is 13.2 Å². The van der Waals surface area contributed by atoms with Crippen molar-refractivity contribution in [3.8, 4) is 5.75 Å². The lowest BCUT2D eigenvalue weighted by Crippen LogP contribution is -2.17. The molecule has 0 aliphatic carbocycles. The van der Waals surface area contributed by atoms with Crippen LogP contribution >= 0.6 is 0 Å². The van der Waals surface area contributed by atoms with Gasteiger partial charge < -0.3 is 9.15 Å². The zero-order chi connectivity index (χ0) is 13.5. The van der Waals surface area contributed by atoms with E-state index in [2.05, 4.69) is 9.72 Å². The minimum atomic E-state index is -4.75. The summed E-state index contributed by atoms with van der Waals surface area (Å²) < 4.78 is 46.1. The predicted octanol–water partition coefficient (Wildman–Crippen LogP) is 4.16. The van der Waals surface area contributed by atoms with E-state index in [1.165, 1.54) is 6.07 Å². The molecule has 0 saturated heterocycles. The van der Waals surface area contributed by atoms with Crippen LogP contribution in [0.15, 0.2) is 16.5 Å². The number of ether oxygens (including phenoxy) is 1. The normalized spacial score (nSPS) is 12.4. The Morgan fingerprint density at radius 1 is 1.28 bits per heavy atom. The van der Waals surface area contributed by atoms with Gasteiger partial charge in [-0.05, 0) is 23.6 Å². The van der Waals surface area contributed by atoms with Crippen LogP contribution < -0.4 is 4.74 Å². The average molecular weight is 259 g/mol. The summed E-state index contributed by atoms with van der Waals surface area (Å²) in [5.74, 6) is 0.0317. The summed E-state index contributed by atoms with van der Waals surface area (Å²) in [7, 11) is 0. The van der Waals surface area contributed by atoms with Crippen LogP contribution in [-0.2, 0) is 0 Å². The maximum atomic E-state index is 12.3. The van der Waals surface area contributed by atoms with E-state index in [1.54, 1.807) is 13.0 Å². The molecule has 1 heterocycles. The minimum Gasteiger partial charge on any atom is -0.437 e. The second-order valence-electron chi connectivity index (χ2n) is 4.30. The molecule has 0 aliphatic rings. The second-order valence-corrected chi connectivity index (χ2v) is 4.30. The molecule has 0 spiro atoms. The highest BCUT2D eigenvalue weighted by atomic mass is 19.4. The second kappa shape index (κ2) is 4.19. The SMILES string of the molecule is Cc1nc2cc(C(C)C)cc(OC(F)(F)F)c2o1. The third-order valence-electron chi connectivity index (χ3n) is 2.48. The Kier molecular flexibility index (Phi) is 2.96. The summed E-state index contributed by atoms with van der Waals surface area (Å²) >= 11 is 0. The highest BCUT2D eigenvalue weighted by Gasteiger charge is 2.33. The van der Waals surface area contributed by atoms with Gasteiger partial charge in [0.05, 0.1) is 0 Å². The van der Waals surface area contributed by atoms with Gasteiger partial charge in [0.25, 0.3) is 0 Å². The zero-order valence-corrected chi connectivity index (χ0v) is 10.1. The van der Waals surface area contributed by atoms with Crippen LogP contribution in [0.25, 0.3) is 11.1 Å². The van der Waals surface area contributed by atoms with Gasteiger partial charge in [0, 0.05) is 6.92 Å². The fourth-order valence-electron chi connectivity index (χ4n) is 1.67. The number of hydrogen-bond donors (Lipinski definition) is 0. The Balaban J connectivity index is 2.60. The first-order valence-electron chi connectivity index (χ1n) is 5.43. The van der Waals surface area contributed by atoms with Gasteiger partial charge in [-0.25, -0.2) is 4.98 Å². The van der Waals surface area contributed by atoms with Crippen molar-refractivity contribution >= 4 is 11.1 Å². The number of halogens is 3. The standard InChI is InChI=1S/C12H12F3NO2/c1-6(2)8-4-9-11(17-7(3)16-9)10(5-8)18-12(13,14)15/h4-6H,1-3H3. The number of aryl methyl sites for hydroxylation is 1. The molecule has 1 aromatic heterocycles. The van der Waals surface area contributed by atoms with Crippen molar-refractivity contribution < 1.29 is 22.3 Å². The molecule has 0 bridgehead atoms. The Bertz CT molecular complexity index is 572. The summed E-state index contributed by atoms with van der Waals surface area (Å²) in [4.78, 5) is 4.03. The zero-order valence-electron chi connectivity index (χ0n) is 10.1. The number of alkyl halides is 3. The first kappa shape index (κ1) is 12.7. The molecule has 0 fully saturated rings. The smallest absolute Gasteiger partial charge is 0.437 e. The lowest BCUT2D eigenvalue weighted by atomic mass is 10.0. The van der Waals surface area contributed by atoms with Gasteiger partial charge in [-0.1, -0.05) is 13.8 Å². The highest BCUT2D eigenvalue weighted by Crippen LogP contribution is 2.34. The molecule has 2 rings (SSSR count). The van der Waals surface area contributed by atoms with Crippen molar-refractivity contribution in [2.75, 3.05) is 0 Å². The predicted molar refractivity (Wildman–Crippen MR) is 59.5 cm³/mol. The molecule has 3 nitrogen and oxygen atoms in total. The quantitative estimate of drug-likeness (QED) is 0.812. The van der Waals surface area contributed by atoms with Gasteiger partial charge in [-0.2, -0.15) is 0 Å². The number of fused-ring (bicyclic) bond motifs is 1. The maximum absolute atomic E-state index is 12.3. The van der Waals surface area contributed by atoms with Crippen molar-refractivity contribution in [2.45, 2.75) is 33.1 Å². The fraction of sp³-hybridized carbons (Fsp3) is 0.417. The summed E-state index contributed by atoms with van der Waals surface area (Å²) in [6, 6.07) is 3.05. The average Bonchev–Trinajstić information content (AvgIpc) is 2.56. The molecule has 1 aromatic carbocycles. The molecule has 6 heteroatoms. The Morgan fingerprint density at radius 3 is 2.50 bits per heavy atom. The number of oxazole rings is 1. The maximum Gasteiger partial charge on any atom is 0.573 e. The molecule has 0 N–H and O–H groups in total. The first-order valence-corrected chi connectivity index (χ1v) is 5.43. The van der Waals surface area contributed by atoms with E-state index in [0.717, 1.165) is 5.56 Å². The Labute approximate surface area is 102 Å². The monoisotopic (exact) mass is 259 g/mol. The summed E-state index contributed by atoms with van der Waals surface area (Å²) in [5, 5.41) is 0. The summed E-state index contributed by atoms with van der Waals surface area (Å²) in [5.41, 5.74) is 1.11. The van der Waals surface area contributed by atoms with Crippen molar-refractivity contribution in [3.05, 3.63) is 23.6 Å². The van der Waals surface area contributed by atoms with Gasteiger partial charge in [-0.15, -0.1) is 13.2 Å². The van der Waals surface area contributed by atoms with Crippen LogP contribution in [0.1, 0.15) is 31.2 Å². The van der Waals surface area contributed by atoms with Crippen molar-refractivity contribution in [1.29, 1.82) is 0 Å². The number of benzene rings is 1. The van der Waals surface area contributed by atoms with Crippen molar-refractivity contribution in [3.63, 3.8) is 0 Å². The van der Waals surface area contributed by atoms with E-state index in [-0.39, 0.29) is 17.3 Å². The first-order chi connectivity index (χ1) is 8.26. The summed E-state index contributed by atoms with van der Waals surface area (Å²) in [6.07, 6.45) is -4.75. The van der Waals surface area contributed by atoms with Crippen LogP contribution in [0.4, 0.5) is 13.2 Å².